The molecule has 1 amide bonds. The fourth-order valence-corrected chi connectivity index (χ4v) is 1.14. The molecule has 5 N–H and O–H groups in total. The van der Waals surface area contributed by atoms with Crippen LogP contribution in [0.5, 0.6) is 0 Å². The maximum absolute atomic E-state index is 11.7. The number of nitrogens with one attached hydrogen (secondary N) is 1. The molecule has 0 saturated carbocycles. The van der Waals surface area contributed by atoms with Gasteiger partial charge < -0.3 is 21.3 Å². The fraction of sp³-hybridized carbons (Fsp3) is 0.556. The lowest BCUT2D eigenvalue weighted by Gasteiger charge is -2.20. The second-order valence-electron chi connectivity index (χ2n) is 3.91. The Balaban J connectivity index is 2.67. The van der Waals surface area contributed by atoms with E-state index in [1.807, 2.05) is 0 Å². The quantitative estimate of drug-likeness (QED) is 0.499. The van der Waals surface area contributed by atoms with Crippen molar-refractivity contribution in [3.8, 4) is 0 Å². The van der Waals surface area contributed by atoms with E-state index < -0.39 is 18.1 Å². The van der Waals surface area contributed by atoms with E-state index >= 15 is 0 Å². The van der Waals surface area contributed by atoms with Gasteiger partial charge in [-0.3, -0.25) is 9.48 Å². The molecule has 0 aliphatic carbocycles. The molecule has 0 aromatic carbocycles. The minimum Gasteiger partial charge on any atom is -0.396 e. The van der Waals surface area contributed by atoms with Crippen LogP contribution in [0, 0.1) is 0 Å². The number of aryl methyl sites for hydroxylation is 1. The number of nitrogen functional groups attached to an aromatic ring is 1. The summed E-state index contributed by atoms with van der Waals surface area (Å²) in [5.74, 6) is -0.439. The summed E-state index contributed by atoms with van der Waals surface area (Å²) < 4.78 is 1.35. The van der Waals surface area contributed by atoms with Crippen LogP contribution in [0.2, 0.25) is 0 Å². The van der Waals surface area contributed by atoms with E-state index in [9.17, 15) is 9.90 Å². The normalized spacial score (nSPS) is 14.5. The molecule has 1 atom stereocenters. The highest BCUT2D eigenvalue weighted by atomic mass is 16.3. The van der Waals surface area contributed by atoms with E-state index in [1.54, 1.807) is 7.05 Å². The zero-order valence-electron chi connectivity index (χ0n) is 9.27. The number of carbonyl (C=O) groups excluding carboxylic acids is 1. The third-order valence-corrected chi connectivity index (χ3v) is 2.15. The first-order chi connectivity index (χ1) is 7.37. The van der Waals surface area contributed by atoms with Crippen molar-refractivity contribution in [3.63, 3.8) is 0 Å². The van der Waals surface area contributed by atoms with Crippen molar-refractivity contribution in [2.75, 3.05) is 18.9 Å². The first-order valence-electron chi connectivity index (χ1n) is 4.76. The Morgan fingerprint density at radius 1 is 1.75 bits per heavy atom. The molecule has 7 heteroatoms. The average molecular weight is 228 g/mol. The summed E-state index contributed by atoms with van der Waals surface area (Å²) in [5.41, 5.74) is 4.71. The van der Waals surface area contributed by atoms with Gasteiger partial charge in [0.15, 0.2) is 0 Å². The third kappa shape index (κ3) is 2.71. The Morgan fingerprint density at radius 2 is 2.38 bits per heavy atom. The Labute approximate surface area is 92.9 Å². The highest BCUT2D eigenvalue weighted by Gasteiger charge is 2.22. The number of hydrogen-bond acceptors (Lipinski definition) is 5. The number of amides is 1. The van der Waals surface area contributed by atoms with Crippen LogP contribution in [0.15, 0.2) is 6.20 Å². The lowest BCUT2D eigenvalue weighted by atomic mass is 10.1. The summed E-state index contributed by atoms with van der Waals surface area (Å²) in [6.45, 7) is 0.918. The molecule has 1 unspecified atom stereocenters. The lowest BCUT2D eigenvalue weighted by Crippen LogP contribution is -2.43. The first kappa shape index (κ1) is 12.5. The third-order valence-electron chi connectivity index (χ3n) is 2.15. The van der Waals surface area contributed by atoms with Gasteiger partial charge in [-0.25, -0.2) is 0 Å². The van der Waals surface area contributed by atoms with E-state index in [0.29, 0.717) is 0 Å². The number of hydrogen-bond donors (Lipinski definition) is 4. The number of aromatic nitrogens is 2. The zero-order valence-corrected chi connectivity index (χ0v) is 9.27. The van der Waals surface area contributed by atoms with Crippen LogP contribution in [0.4, 0.5) is 5.69 Å². The molecule has 1 aromatic heterocycles. The van der Waals surface area contributed by atoms with Gasteiger partial charge in [0.25, 0.3) is 5.91 Å². The van der Waals surface area contributed by atoms with Gasteiger partial charge in [-0.2, -0.15) is 5.10 Å². The topological polar surface area (TPSA) is 113 Å². The van der Waals surface area contributed by atoms with E-state index in [0.717, 1.165) is 0 Å². The van der Waals surface area contributed by atoms with Gasteiger partial charge in [0.1, 0.15) is 11.3 Å². The summed E-state index contributed by atoms with van der Waals surface area (Å²) in [5, 5.41) is 24.6. The summed E-state index contributed by atoms with van der Waals surface area (Å²) >= 11 is 0. The maximum atomic E-state index is 11.7. The van der Waals surface area contributed by atoms with Crippen LogP contribution in [0.1, 0.15) is 17.4 Å². The Bertz CT molecular complexity index is 367. The number of carbonyl (C=O) groups is 1. The monoisotopic (exact) mass is 228 g/mol. The van der Waals surface area contributed by atoms with Gasteiger partial charge in [0.05, 0.1) is 18.5 Å². The van der Waals surface area contributed by atoms with Crippen molar-refractivity contribution in [2.24, 2.45) is 7.05 Å². The number of aliphatic hydroxyl groups is 2. The lowest BCUT2D eigenvalue weighted by molar-refractivity contribution is 0.00313. The first-order valence-corrected chi connectivity index (χ1v) is 4.76. The van der Waals surface area contributed by atoms with Crippen LogP contribution in [0.3, 0.4) is 0 Å². The molecule has 1 heterocycles. The van der Waals surface area contributed by atoms with E-state index in [-0.39, 0.29) is 17.9 Å². The smallest absolute Gasteiger partial charge is 0.271 e. The largest absolute Gasteiger partial charge is 0.396 e. The number of aliphatic hydroxyl groups excluding tert-OH is 1. The fourth-order valence-electron chi connectivity index (χ4n) is 1.14. The average Bonchev–Trinajstić information content (AvgIpc) is 2.55. The molecule has 1 aromatic rings. The van der Waals surface area contributed by atoms with E-state index in [2.05, 4.69) is 10.4 Å². The van der Waals surface area contributed by atoms with Crippen molar-refractivity contribution < 1.29 is 15.0 Å². The van der Waals surface area contributed by atoms with Crippen LogP contribution in [0.25, 0.3) is 0 Å². The van der Waals surface area contributed by atoms with E-state index in [4.69, 9.17) is 10.8 Å². The SMILES string of the molecule is Cn1ncc(N)c1C(=O)NCC(C)(O)CO. The van der Waals surface area contributed by atoms with Crippen LogP contribution in [-0.4, -0.2) is 44.7 Å². The summed E-state index contributed by atoms with van der Waals surface area (Å²) in [7, 11) is 1.59. The minimum absolute atomic E-state index is 0.0625. The van der Waals surface area contributed by atoms with Gasteiger partial charge in [-0.05, 0) is 6.92 Å². The Hall–Kier alpha value is -1.60. The number of nitrogens with zero attached hydrogens (tertiary/aromatic N) is 2. The Morgan fingerprint density at radius 3 is 2.81 bits per heavy atom. The molecule has 0 aliphatic rings. The second kappa shape index (κ2) is 4.50. The van der Waals surface area contributed by atoms with Gasteiger partial charge in [0.2, 0.25) is 0 Å². The van der Waals surface area contributed by atoms with Crippen molar-refractivity contribution in [3.05, 3.63) is 11.9 Å². The van der Waals surface area contributed by atoms with Gasteiger partial charge in [0, 0.05) is 13.6 Å². The number of anilines is 1. The standard InChI is InChI=1S/C9H16N4O3/c1-9(16,5-14)4-11-8(15)7-6(10)3-12-13(7)2/h3,14,16H,4-5,10H2,1-2H3,(H,11,15). The van der Waals surface area contributed by atoms with Crippen molar-refractivity contribution in [1.29, 1.82) is 0 Å². The predicted molar refractivity (Wildman–Crippen MR) is 57.7 cm³/mol. The Kier molecular flexibility index (Phi) is 3.51. The molecule has 0 radical (unpaired) electrons. The van der Waals surface area contributed by atoms with Crippen molar-refractivity contribution in [2.45, 2.75) is 12.5 Å². The highest BCUT2D eigenvalue weighted by molar-refractivity contribution is 5.97. The minimum atomic E-state index is -1.34. The molecular formula is C9H16N4O3. The summed E-state index contributed by atoms with van der Waals surface area (Å²) in [6.07, 6.45) is 1.37. The molecule has 0 fully saturated rings. The molecular weight excluding hydrogens is 212 g/mol. The van der Waals surface area contributed by atoms with Crippen LogP contribution >= 0.6 is 0 Å². The van der Waals surface area contributed by atoms with Gasteiger partial charge in [-0.1, -0.05) is 0 Å². The molecule has 90 valence electrons. The summed E-state index contributed by atoms with van der Waals surface area (Å²) in [4.78, 5) is 11.7. The molecule has 1 rings (SSSR count). The maximum Gasteiger partial charge on any atom is 0.271 e. The van der Waals surface area contributed by atoms with Gasteiger partial charge >= 0.3 is 0 Å². The molecule has 16 heavy (non-hydrogen) atoms. The van der Waals surface area contributed by atoms with E-state index in [1.165, 1.54) is 17.8 Å². The predicted octanol–water partition coefficient (Wildman–Crippen LogP) is -1.52. The van der Waals surface area contributed by atoms with Crippen LogP contribution < -0.4 is 11.1 Å². The zero-order chi connectivity index (χ0) is 12.3. The molecule has 0 spiro atoms. The summed E-state index contributed by atoms with van der Waals surface area (Å²) in [6, 6.07) is 0. The van der Waals surface area contributed by atoms with Crippen molar-refractivity contribution in [1.82, 2.24) is 15.1 Å². The molecule has 0 saturated heterocycles. The number of rotatable bonds is 4. The molecule has 7 nitrogen and oxygen atoms in total. The van der Waals surface area contributed by atoms with Crippen LogP contribution in [-0.2, 0) is 7.05 Å². The second-order valence-corrected chi connectivity index (χ2v) is 3.91. The molecule has 0 aliphatic heterocycles. The molecule has 0 bridgehead atoms. The van der Waals surface area contributed by atoms with Crippen molar-refractivity contribution >= 4 is 11.6 Å². The number of nitrogens with two attached hydrogens (primary N) is 1. The van der Waals surface area contributed by atoms with Gasteiger partial charge in [-0.15, -0.1) is 0 Å². The highest BCUT2D eigenvalue weighted by Crippen LogP contribution is 2.09.